The van der Waals surface area contributed by atoms with Crippen LogP contribution in [0.15, 0.2) is 54.5 Å². The van der Waals surface area contributed by atoms with Gasteiger partial charge in [-0.2, -0.15) is 0 Å². The van der Waals surface area contributed by atoms with Crippen LogP contribution < -0.4 is 9.47 Å². The van der Waals surface area contributed by atoms with Crippen molar-refractivity contribution in [1.29, 1.82) is 0 Å². The summed E-state index contributed by atoms with van der Waals surface area (Å²) in [5, 5.41) is 1.18. The van der Waals surface area contributed by atoms with Gasteiger partial charge in [0, 0.05) is 16.5 Å². The van der Waals surface area contributed by atoms with E-state index in [-0.39, 0.29) is 29.7 Å². The van der Waals surface area contributed by atoms with Crippen LogP contribution in [0, 0.1) is 5.92 Å². The fourth-order valence-corrected chi connectivity index (χ4v) is 4.24. The van der Waals surface area contributed by atoms with Gasteiger partial charge in [0.05, 0.1) is 25.7 Å². The van der Waals surface area contributed by atoms with Crippen LogP contribution >= 0.6 is 23.2 Å². The number of allylic oxidation sites excluding steroid dienone is 1. The first-order chi connectivity index (χ1) is 14.5. The van der Waals surface area contributed by atoms with Crippen LogP contribution in [-0.2, 0) is 20.9 Å². The molecule has 0 bridgehead atoms. The lowest BCUT2D eigenvalue weighted by Crippen LogP contribution is -2.42. The Morgan fingerprint density at radius 2 is 1.83 bits per heavy atom. The van der Waals surface area contributed by atoms with E-state index in [1.54, 1.807) is 43.5 Å². The molecule has 1 fully saturated rings. The smallest absolute Gasteiger partial charge is 0.207 e. The third kappa shape index (κ3) is 4.75. The minimum Gasteiger partial charge on any atom is -0.497 e. The first kappa shape index (κ1) is 21.0. The van der Waals surface area contributed by atoms with Gasteiger partial charge < -0.3 is 18.9 Å². The molecule has 0 spiro atoms. The lowest BCUT2D eigenvalue weighted by atomic mass is 9.80. The van der Waals surface area contributed by atoms with Crippen LogP contribution in [0.5, 0.6) is 11.5 Å². The molecule has 1 aliphatic heterocycles. The average Bonchev–Trinajstić information content (AvgIpc) is 2.75. The number of Topliss-reactive ketones (excluding diaryl/α,β-unsaturated/α-hetero) is 1. The third-order valence-electron chi connectivity index (χ3n) is 5.45. The predicted octanol–water partition coefficient (Wildman–Crippen LogP) is 5.58. The summed E-state index contributed by atoms with van der Waals surface area (Å²) in [4.78, 5) is 12.9. The monoisotopic (exact) mass is 448 g/mol. The molecule has 1 saturated carbocycles. The van der Waals surface area contributed by atoms with E-state index in [9.17, 15) is 4.79 Å². The van der Waals surface area contributed by atoms with Crippen molar-refractivity contribution in [2.75, 3.05) is 7.11 Å². The van der Waals surface area contributed by atoms with Gasteiger partial charge >= 0.3 is 0 Å². The highest BCUT2D eigenvalue weighted by Crippen LogP contribution is 2.36. The van der Waals surface area contributed by atoms with Crippen molar-refractivity contribution in [2.24, 2.45) is 5.92 Å². The summed E-state index contributed by atoms with van der Waals surface area (Å²) in [5.41, 5.74) is 0.888. The van der Waals surface area contributed by atoms with Gasteiger partial charge in [0.1, 0.15) is 23.9 Å². The number of fused-ring (bicyclic) bond motifs is 1. The van der Waals surface area contributed by atoms with Crippen molar-refractivity contribution in [3.05, 3.63) is 70.1 Å². The van der Waals surface area contributed by atoms with Gasteiger partial charge in [-0.1, -0.05) is 29.3 Å². The van der Waals surface area contributed by atoms with Gasteiger partial charge in [0.15, 0.2) is 0 Å². The van der Waals surface area contributed by atoms with E-state index in [1.165, 1.54) is 6.26 Å². The maximum absolute atomic E-state index is 12.9. The zero-order valence-corrected chi connectivity index (χ0v) is 18.0. The minimum absolute atomic E-state index is 0.00301. The van der Waals surface area contributed by atoms with E-state index in [2.05, 4.69) is 0 Å². The van der Waals surface area contributed by atoms with E-state index in [4.69, 9.17) is 42.1 Å². The van der Waals surface area contributed by atoms with E-state index in [0.29, 0.717) is 35.2 Å². The second kappa shape index (κ2) is 9.29. The number of halogens is 2. The Bertz CT molecular complexity index is 941. The Morgan fingerprint density at radius 1 is 1.07 bits per heavy atom. The summed E-state index contributed by atoms with van der Waals surface area (Å²) < 4.78 is 22.8. The molecule has 2 aromatic carbocycles. The fraction of sp³-hybridized carbons (Fsp3) is 0.348. The SMILES string of the molecule is COc1ccc(OC2=COC3CC(OCc4ccc(Cl)cc4Cl)CCC3C2=O)cc1. The molecule has 4 rings (SSSR count). The molecule has 2 aromatic rings. The summed E-state index contributed by atoms with van der Waals surface area (Å²) in [6.45, 7) is 0.397. The predicted molar refractivity (Wildman–Crippen MR) is 114 cm³/mol. The van der Waals surface area contributed by atoms with Crippen molar-refractivity contribution in [3.63, 3.8) is 0 Å². The highest BCUT2D eigenvalue weighted by molar-refractivity contribution is 6.35. The molecule has 0 amide bonds. The molecule has 3 atom stereocenters. The topological polar surface area (TPSA) is 54.0 Å². The maximum Gasteiger partial charge on any atom is 0.207 e. The molecule has 0 N–H and O–H groups in total. The molecule has 158 valence electrons. The molecule has 1 aliphatic carbocycles. The maximum atomic E-state index is 12.9. The summed E-state index contributed by atoms with van der Waals surface area (Å²) in [7, 11) is 1.60. The Kier molecular flexibility index (Phi) is 6.52. The second-order valence-corrected chi connectivity index (χ2v) is 8.23. The Morgan fingerprint density at radius 3 is 2.57 bits per heavy atom. The van der Waals surface area contributed by atoms with Gasteiger partial charge in [0.25, 0.3) is 0 Å². The first-order valence-electron chi connectivity index (χ1n) is 9.81. The number of benzene rings is 2. The van der Waals surface area contributed by atoms with Crippen LogP contribution in [-0.4, -0.2) is 25.1 Å². The highest BCUT2D eigenvalue weighted by Gasteiger charge is 2.41. The molecular formula is C23H22Cl2O5. The van der Waals surface area contributed by atoms with Crippen LogP contribution in [0.25, 0.3) is 0 Å². The molecule has 0 aromatic heterocycles. The molecule has 0 saturated heterocycles. The number of carbonyl (C=O) groups is 1. The van der Waals surface area contributed by atoms with Crippen LogP contribution in [0.1, 0.15) is 24.8 Å². The molecule has 30 heavy (non-hydrogen) atoms. The summed E-state index contributed by atoms with van der Waals surface area (Å²) in [5.74, 6) is 1.27. The standard InChI is InChI=1S/C23H22Cl2O5/c1-27-16-4-6-17(7-5-16)30-22-13-29-21-11-18(8-9-19(21)23(22)26)28-12-14-2-3-15(24)10-20(14)25/h2-7,10,13,18-19,21H,8-9,11-12H2,1H3. The largest absolute Gasteiger partial charge is 0.497 e. The van der Waals surface area contributed by atoms with Gasteiger partial charge in [0.2, 0.25) is 11.5 Å². The molecule has 2 aliphatic rings. The van der Waals surface area contributed by atoms with E-state index in [0.717, 1.165) is 17.7 Å². The lowest BCUT2D eigenvalue weighted by molar-refractivity contribution is -0.134. The zero-order valence-electron chi connectivity index (χ0n) is 16.5. The number of methoxy groups -OCH3 is 1. The number of hydrogen-bond acceptors (Lipinski definition) is 5. The van der Waals surface area contributed by atoms with Crippen molar-refractivity contribution in [1.82, 2.24) is 0 Å². The highest BCUT2D eigenvalue weighted by atomic mass is 35.5. The number of ether oxygens (including phenoxy) is 4. The van der Waals surface area contributed by atoms with Crippen molar-refractivity contribution >= 4 is 29.0 Å². The quantitative estimate of drug-likeness (QED) is 0.577. The Labute approximate surface area is 185 Å². The number of rotatable bonds is 6. The van der Waals surface area contributed by atoms with Crippen molar-refractivity contribution < 1.29 is 23.7 Å². The summed E-state index contributed by atoms with van der Waals surface area (Å²) in [6.07, 6.45) is 3.33. The molecule has 0 radical (unpaired) electrons. The lowest BCUT2D eigenvalue weighted by Gasteiger charge is -2.37. The summed E-state index contributed by atoms with van der Waals surface area (Å²) in [6, 6.07) is 12.4. The van der Waals surface area contributed by atoms with Crippen LogP contribution in [0.4, 0.5) is 0 Å². The van der Waals surface area contributed by atoms with Gasteiger partial charge in [-0.25, -0.2) is 0 Å². The molecule has 1 heterocycles. The fourth-order valence-electron chi connectivity index (χ4n) is 3.78. The molecular weight excluding hydrogens is 427 g/mol. The molecule has 5 nitrogen and oxygen atoms in total. The van der Waals surface area contributed by atoms with Crippen LogP contribution in [0.2, 0.25) is 10.0 Å². The van der Waals surface area contributed by atoms with E-state index in [1.807, 2.05) is 6.07 Å². The van der Waals surface area contributed by atoms with E-state index >= 15 is 0 Å². The minimum atomic E-state index is -0.220. The Hall–Kier alpha value is -2.21. The molecule has 3 unspecified atom stereocenters. The molecule has 7 heteroatoms. The summed E-state index contributed by atoms with van der Waals surface area (Å²) >= 11 is 12.2. The number of carbonyl (C=O) groups excluding carboxylic acids is 1. The van der Waals surface area contributed by atoms with Gasteiger partial charge in [-0.3, -0.25) is 4.79 Å². The zero-order chi connectivity index (χ0) is 21.1. The van der Waals surface area contributed by atoms with Crippen molar-refractivity contribution in [2.45, 2.75) is 38.1 Å². The average molecular weight is 449 g/mol. The Balaban J connectivity index is 1.34. The normalized spacial score (nSPS) is 23.2. The number of hydrogen-bond donors (Lipinski definition) is 0. The van der Waals surface area contributed by atoms with Crippen LogP contribution in [0.3, 0.4) is 0 Å². The van der Waals surface area contributed by atoms with Gasteiger partial charge in [-0.05, 0) is 54.8 Å². The van der Waals surface area contributed by atoms with E-state index < -0.39 is 0 Å². The first-order valence-corrected chi connectivity index (χ1v) is 10.6. The van der Waals surface area contributed by atoms with Crippen molar-refractivity contribution in [3.8, 4) is 11.5 Å². The van der Waals surface area contributed by atoms with Gasteiger partial charge in [-0.15, -0.1) is 0 Å². The second-order valence-electron chi connectivity index (χ2n) is 7.39. The number of ketones is 1. The third-order valence-corrected chi connectivity index (χ3v) is 6.04.